The average Bonchev–Trinajstić information content (AvgIpc) is 2.78. The Bertz CT molecular complexity index is 421. The minimum atomic E-state index is -0.225. The van der Waals surface area contributed by atoms with Crippen molar-refractivity contribution in [3.8, 4) is 0 Å². The van der Waals surface area contributed by atoms with E-state index in [1.807, 2.05) is 23.9 Å². The van der Waals surface area contributed by atoms with Crippen molar-refractivity contribution >= 4 is 27.7 Å². The summed E-state index contributed by atoms with van der Waals surface area (Å²) in [6, 6.07) is 5.37. The molecule has 5 heteroatoms. The summed E-state index contributed by atoms with van der Waals surface area (Å²) in [6.45, 7) is 2.26. The van der Waals surface area contributed by atoms with E-state index in [-0.39, 0.29) is 16.6 Å². The summed E-state index contributed by atoms with van der Waals surface area (Å²) in [6.07, 6.45) is 3.24. The van der Waals surface area contributed by atoms with Gasteiger partial charge in [-0.3, -0.25) is 11.3 Å². The molecule has 1 aliphatic heterocycles. The van der Waals surface area contributed by atoms with Gasteiger partial charge in [0, 0.05) is 10.8 Å². The average molecular weight is 333 g/mol. The molecule has 1 aromatic rings. The van der Waals surface area contributed by atoms with Gasteiger partial charge in [0.05, 0.1) is 4.47 Å². The molecule has 1 aliphatic rings. The summed E-state index contributed by atoms with van der Waals surface area (Å²) in [4.78, 5) is 0. The predicted molar refractivity (Wildman–Crippen MR) is 79.0 cm³/mol. The first-order chi connectivity index (χ1) is 8.55. The Morgan fingerprint density at radius 2 is 2.39 bits per heavy atom. The van der Waals surface area contributed by atoms with Gasteiger partial charge in [0.25, 0.3) is 0 Å². The fourth-order valence-electron chi connectivity index (χ4n) is 2.43. The van der Waals surface area contributed by atoms with Crippen LogP contribution in [0.15, 0.2) is 22.7 Å². The standard InChI is InChI=1S/C13H18BrFN2S/c1-13(5-2-6-18-13)12(17-16)8-9-3-4-11(15)10(14)7-9/h3-4,7,12,17H,2,5-6,8,16H2,1H3. The molecule has 0 bridgehead atoms. The fraction of sp³-hybridized carbons (Fsp3) is 0.538. The van der Waals surface area contributed by atoms with E-state index in [1.54, 1.807) is 0 Å². The van der Waals surface area contributed by atoms with E-state index in [1.165, 1.54) is 24.7 Å². The number of benzene rings is 1. The molecule has 1 saturated heterocycles. The molecule has 0 spiro atoms. The SMILES string of the molecule is CC1(C(Cc2ccc(F)c(Br)c2)NN)CCCS1. The van der Waals surface area contributed by atoms with Crippen LogP contribution in [-0.2, 0) is 6.42 Å². The van der Waals surface area contributed by atoms with Crippen LogP contribution in [0.3, 0.4) is 0 Å². The highest BCUT2D eigenvalue weighted by molar-refractivity contribution is 9.10. The lowest BCUT2D eigenvalue weighted by Crippen LogP contribution is -2.50. The fourth-order valence-corrected chi connectivity index (χ4v) is 4.25. The summed E-state index contributed by atoms with van der Waals surface area (Å²) >= 11 is 5.20. The van der Waals surface area contributed by atoms with Crippen molar-refractivity contribution in [1.29, 1.82) is 0 Å². The first-order valence-corrected chi connectivity index (χ1v) is 7.87. The van der Waals surface area contributed by atoms with Crippen LogP contribution in [0.5, 0.6) is 0 Å². The van der Waals surface area contributed by atoms with Crippen molar-refractivity contribution in [2.45, 2.75) is 37.0 Å². The number of thioether (sulfide) groups is 1. The quantitative estimate of drug-likeness (QED) is 0.656. The summed E-state index contributed by atoms with van der Waals surface area (Å²) in [5, 5.41) is 0. The van der Waals surface area contributed by atoms with Gasteiger partial charge in [-0.25, -0.2) is 4.39 Å². The van der Waals surface area contributed by atoms with Gasteiger partial charge in [-0.1, -0.05) is 6.07 Å². The second-order valence-electron chi connectivity index (χ2n) is 4.94. The van der Waals surface area contributed by atoms with Crippen molar-refractivity contribution in [2.75, 3.05) is 5.75 Å². The minimum Gasteiger partial charge on any atom is -0.271 e. The first-order valence-electron chi connectivity index (χ1n) is 6.09. The number of rotatable bonds is 4. The number of hydrogen-bond donors (Lipinski definition) is 2. The summed E-state index contributed by atoms with van der Waals surface area (Å²) in [5.74, 6) is 6.68. The lowest BCUT2D eigenvalue weighted by Gasteiger charge is -2.33. The molecule has 0 amide bonds. The Hall–Kier alpha value is -0.100. The van der Waals surface area contributed by atoms with E-state index in [2.05, 4.69) is 28.3 Å². The van der Waals surface area contributed by atoms with Gasteiger partial charge in [-0.2, -0.15) is 11.8 Å². The van der Waals surface area contributed by atoms with Crippen molar-refractivity contribution in [2.24, 2.45) is 5.84 Å². The molecule has 0 aliphatic carbocycles. The second kappa shape index (κ2) is 5.90. The number of halogens is 2. The molecule has 1 heterocycles. The van der Waals surface area contributed by atoms with E-state index in [0.717, 1.165) is 12.0 Å². The van der Waals surface area contributed by atoms with E-state index >= 15 is 0 Å². The van der Waals surface area contributed by atoms with Crippen LogP contribution in [0.25, 0.3) is 0 Å². The maximum Gasteiger partial charge on any atom is 0.137 e. The normalized spacial score (nSPS) is 25.3. The molecule has 2 rings (SSSR count). The summed E-state index contributed by atoms with van der Waals surface area (Å²) in [7, 11) is 0. The number of nitrogens with two attached hydrogens (primary N) is 1. The Morgan fingerprint density at radius 1 is 1.61 bits per heavy atom. The highest BCUT2D eigenvalue weighted by atomic mass is 79.9. The zero-order valence-electron chi connectivity index (χ0n) is 10.4. The zero-order chi connectivity index (χ0) is 13.2. The smallest absolute Gasteiger partial charge is 0.137 e. The third kappa shape index (κ3) is 3.07. The van der Waals surface area contributed by atoms with Crippen LogP contribution in [-0.4, -0.2) is 16.5 Å². The van der Waals surface area contributed by atoms with Gasteiger partial charge >= 0.3 is 0 Å². The van der Waals surface area contributed by atoms with Crippen LogP contribution >= 0.6 is 27.7 Å². The predicted octanol–water partition coefficient (Wildman–Crippen LogP) is 3.25. The van der Waals surface area contributed by atoms with Crippen molar-refractivity contribution in [3.05, 3.63) is 34.1 Å². The molecule has 3 N–H and O–H groups in total. The molecule has 0 aromatic heterocycles. The second-order valence-corrected chi connectivity index (χ2v) is 7.42. The maximum atomic E-state index is 13.2. The van der Waals surface area contributed by atoms with E-state index in [0.29, 0.717) is 4.47 Å². The topological polar surface area (TPSA) is 38.0 Å². The van der Waals surface area contributed by atoms with Gasteiger partial charge in [0.1, 0.15) is 5.82 Å². The largest absolute Gasteiger partial charge is 0.271 e. The van der Waals surface area contributed by atoms with E-state index < -0.39 is 0 Å². The van der Waals surface area contributed by atoms with Crippen molar-refractivity contribution < 1.29 is 4.39 Å². The van der Waals surface area contributed by atoms with Gasteiger partial charge in [-0.05, 0) is 65.6 Å². The molecule has 0 radical (unpaired) electrons. The maximum absolute atomic E-state index is 13.2. The zero-order valence-corrected chi connectivity index (χ0v) is 12.8. The highest BCUT2D eigenvalue weighted by Gasteiger charge is 2.37. The lowest BCUT2D eigenvalue weighted by atomic mass is 9.91. The lowest BCUT2D eigenvalue weighted by molar-refractivity contribution is 0.405. The molecule has 1 aromatic carbocycles. The monoisotopic (exact) mass is 332 g/mol. The number of nitrogens with one attached hydrogen (secondary N) is 1. The van der Waals surface area contributed by atoms with Gasteiger partial charge in [0.15, 0.2) is 0 Å². The molecule has 18 heavy (non-hydrogen) atoms. The van der Waals surface area contributed by atoms with Crippen LogP contribution in [0.1, 0.15) is 25.3 Å². The molecular weight excluding hydrogens is 315 g/mol. The Balaban J connectivity index is 2.12. The Morgan fingerprint density at radius 3 is 2.94 bits per heavy atom. The summed E-state index contributed by atoms with van der Waals surface area (Å²) < 4.78 is 13.9. The molecule has 2 nitrogen and oxygen atoms in total. The van der Waals surface area contributed by atoms with Gasteiger partial charge in [-0.15, -0.1) is 0 Å². The van der Waals surface area contributed by atoms with Gasteiger partial charge < -0.3 is 0 Å². The molecule has 100 valence electrons. The van der Waals surface area contributed by atoms with Crippen molar-refractivity contribution in [1.82, 2.24) is 5.43 Å². The first kappa shape index (κ1) is 14.3. The highest BCUT2D eigenvalue weighted by Crippen LogP contribution is 2.41. The Kier molecular flexibility index (Phi) is 4.69. The molecule has 1 fully saturated rings. The molecule has 2 unspecified atom stereocenters. The molecular formula is C13H18BrFN2S. The number of hydrazine groups is 1. The van der Waals surface area contributed by atoms with Gasteiger partial charge in [0.2, 0.25) is 0 Å². The van der Waals surface area contributed by atoms with E-state index in [4.69, 9.17) is 5.84 Å². The Labute approximate surface area is 120 Å². The summed E-state index contributed by atoms with van der Waals surface area (Å²) in [5.41, 5.74) is 4.03. The number of hydrogen-bond acceptors (Lipinski definition) is 3. The van der Waals surface area contributed by atoms with Crippen LogP contribution in [0, 0.1) is 5.82 Å². The van der Waals surface area contributed by atoms with E-state index in [9.17, 15) is 4.39 Å². The molecule has 0 saturated carbocycles. The molecule has 2 atom stereocenters. The van der Waals surface area contributed by atoms with Crippen molar-refractivity contribution in [3.63, 3.8) is 0 Å². The van der Waals surface area contributed by atoms with Crippen LogP contribution < -0.4 is 11.3 Å². The van der Waals surface area contributed by atoms with Crippen LogP contribution in [0.2, 0.25) is 0 Å². The van der Waals surface area contributed by atoms with Crippen LogP contribution in [0.4, 0.5) is 4.39 Å². The minimum absolute atomic E-state index is 0.176. The third-order valence-electron chi connectivity index (χ3n) is 3.61. The third-order valence-corrected chi connectivity index (χ3v) is 5.86.